The van der Waals surface area contributed by atoms with Gasteiger partial charge >= 0.3 is 6.61 Å². The molecule has 4 aromatic rings. The van der Waals surface area contributed by atoms with E-state index in [2.05, 4.69) is 25.2 Å². The van der Waals surface area contributed by atoms with Gasteiger partial charge in [-0.15, -0.1) is 21.5 Å². The van der Waals surface area contributed by atoms with Crippen molar-refractivity contribution in [2.45, 2.75) is 26.4 Å². The number of hydrogen-bond acceptors (Lipinski definition) is 7. The van der Waals surface area contributed by atoms with Gasteiger partial charge in [-0.05, 0) is 31.2 Å². The second-order valence-electron chi connectivity index (χ2n) is 6.83. The third-order valence-corrected chi connectivity index (χ3v) is 5.22. The van der Waals surface area contributed by atoms with Gasteiger partial charge in [-0.3, -0.25) is 4.79 Å². The maximum Gasteiger partial charge on any atom is 0.387 e. The van der Waals surface area contributed by atoms with Gasteiger partial charge in [0.1, 0.15) is 5.75 Å². The highest BCUT2D eigenvalue weighted by atomic mass is 32.1. The summed E-state index contributed by atoms with van der Waals surface area (Å²) in [6.45, 7) is -0.951. The molecule has 7 nitrogen and oxygen atoms in total. The number of hydrogen-bond donors (Lipinski definition) is 1. The third kappa shape index (κ3) is 5.33. The highest BCUT2D eigenvalue weighted by Crippen LogP contribution is 2.33. The molecule has 2 heterocycles. The van der Waals surface area contributed by atoms with Crippen LogP contribution in [0, 0.1) is 6.92 Å². The van der Waals surface area contributed by atoms with Crippen molar-refractivity contribution < 1.29 is 22.7 Å². The average Bonchev–Trinajstić information content (AvgIpc) is 3.43. The Balaban J connectivity index is 1.35. The molecule has 10 heteroatoms. The quantitative estimate of drug-likeness (QED) is 0.385. The van der Waals surface area contributed by atoms with E-state index in [9.17, 15) is 13.6 Å². The summed E-state index contributed by atoms with van der Waals surface area (Å²) < 4.78 is 35.4. The summed E-state index contributed by atoms with van der Waals surface area (Å²) in [6.07, 6.45) is 0.392. The van der Waals surface area contributed by atoms with Gasteiger partial charge in [0.05, 0.1) is 5.69 Å². The van der Waals surface area contributed by atoms with E-state index in [-0.39, 0.29) is 24.5 Å². The monoisotopic (exact) mass is 456 g/mol. The standard InChI is InChI=1S/C22H18F2N4O3S/c1-13-6-8-14(9-7-13)20-28-27-19(31-20)11-10-18(29)26-22-25-16(12-32-22)15-4-2-3-5-17(15)30-21(23)24/h2-9,12,21H,10-11H2,1H3,(H,25,26,29). The number of para-hydroxylation sites is 1. The number of thiazole rings is 1. The van der Waals surface area contributed by atoms with Crippen LogP contribution in [0.25, 0.3) is 22.7 Å². The molecule has 0 saturated carbocycles. The van der Waals surface area contributed by atoms with Gasteiger partial charge in [-0.1, -0.05) is 29.8 Å². The molecule has 2 aromatic heterocycles. The molecule has 0 spiro atoms. The molecular formula is C22H18F2N4O3S. The second-order valence-corrected chi connectivity index (χ2v) is 7.69. The zero-order valence-corrected chi connectivity index (χ0v) is 17.7. The molecule has 164 valence electrons. The third-order valence-electron chi connectivity index (χ3n) is 4.46. The Bertz CT molecular complexity index is 1210. The predicted octanol–water partition coefficient (Wildman–Crippen LogP) is 5.34. The van der Waals surface area contributed by atoms with Crippen LogP contribution in [-0.4, -0.2) is 27.7 Å². The molecule has 0 atom stereocenters. The first-order chi connectivity index (χ1) is 15.5. The zero-order valence-electron chi connectivity index (χ0n) is 16.9. The summed E-state index contributed by atoms with van der Waals surface area (Å²) in [5, 5.41) is 12.7. The maximum absolute atomic E-state index is 12.6. The van der Waals surface area contributed by atoms with E-state index < -0.39 is 6.61 Å². The van der Waals surface area contributed by atoms with Crippen molar-refractivity contribution >= 4 is 22.4 Å². The van der Waals surface area contributed by atoms with Crippen LogP contribution in [-0.2, 0) is 11.2 Å². The Kier molecular flexibility index (Phi) is 6.50. The second kappa shape index (κ2) is 9.65. The molecule has 0 radical (unpaired) electrons. The SMILES string of the molecule is Cc1ccc(-c2nnc(CCC(=O)Nc3nc(-c4ccccc4OC(F)F)cs3)o2)cc1. The van der Waals surface area contributed by atoms with Gasteiger partial charge < -0.3 is 14.5 Å². The average molecular weight is 456 g/mol. The van der Waals surface area contributed by atoms with Crippen LogP contribution in [0.15, 0.2) is 58.3 Å². The lowest BCUT2D eigenvalue weighted by molar-refractivity contribution is -0.116. The number of amides is 1. The van der Waals surface area contributed by atoms with Crippen LogP contribution in [0.3, 0.4) is 0 Å². The molecule has 0 aliphatic rings. The summed E-state index contributed by atoms with van der Waals surface area (Å²) in [5.41, 5.74) is 2.78. The number of anilines is 1. The highest BCUT2D eigenvalue weighted by Gasteiger charge is 2.15. The summed E-state index contributed by atoms with van der Waals surface area (Å²) >= 11 is 1.19. The highest BCUT2D eigenvalue weighted by molar-refractivity contribution is 7.14. The van der Waals surface area contributed by atoms with Crippen LogP contribution in [0.4, 0.5) is 13.9 Å². The Hall–Kier alpha value is -3.66. The molecule has 0 bridgehead atoms. The lowest BCUT2D eigenvalue weighted by Gasteiger charge is -2.08. The maximum atomic E-state index is 12.6. The number of nitrogens with zero attached hydrogens (tertiary/aromatic N) is 3. The lowest BCUT2D eigenvalue weighted by Crippen LogP contribution is -2.12. The fourth-order valence-electron chi connectivity index (χ4n) is 2.90. The summed E-state index contributed by atoms with van der Waals surface area (Å²) in [4.78, 5) is 16.6. The number of alkyl halides is 2. The van der Waals surface area contributed by atoms with Gasteiger partial charge in [0.15, 0.2) is 5.13 Å². The van der Waals surface area contributed by atoms with Crippen molar-refractivity contribution in [3.63, 3.8) is 0 Å². The van der Waals surface area contributed by atoms with E-state index in [4.69, 9.17) is 4.42 Å². The van der Waals surface area contributed by atoms with Crippen LogP contribution < -0.4 is 10.1 Å². The van der Waals surface area contributed by atoms with E-state index in [0.29, 0.717) is 28.2 Å². The number of nitrogens with one attached hydrogen (secondary N) is 1. The van der Waals surface area contributed by atoms with Crippen LogP contribution in [0.2, 0.25) is 0 Å². The first-order valence-corrected chi connectivity index (χ1v) is 10.5. The predicted molar refractivity (Wildman–Crippen MR) is 116 cm³/mol. The minimum atomic E-state index is -2.94. The number of benzene rings is 2. The molecule has 2 aromatic carbocycles. The van der Waals surface area contributed by atoms with Crippen LogP contribution >= 0.6 is 11.3 Å². The van der Waals surface area contributed by atoms with Crippen molar-refractivity contribution in [1.29, 1.82) is 0 Å². The van der Waals surface area contributed by atoms with E-state index >= 15 is 0 Å². The van der Waals surface area contributed by atoms with Gasteiger partial charge in [0.25, 0.3) is 0 Å². The molecule has 0 aliphatic heterocycles. The molecule has 32 heavy (non-hydrogen) atoms. The van der Waals surface area contributed by atoms with Crippen molar-refractivity contribution in [1.82, 2.24) is 15.2 Å². The lowest BCUT2D eigenvalue weighted by atomic mass is 10.1. The normalized spacial score (nSPS) is 11.0. The van der Waals surface area contributed by atoms with E-state index in [1.165, 1.54) is 17.4 Å². The smallest absolute Gasteiger partial charge is 0.387 e. The minimum Gasteiger partial charge on any atom is -0.434 e. The van der Waals surface area contributed by atoms with Crippen molar-refractivity contribution in [3.8, 4) is 28.5 Å². The molecule has 1 amide bonds. The van der Waals surface area contributed by atoms with Gasteiger partial charge in [-0.2, -0.15) is 8.78 Å². The number of aromatic nitrogens is 3. The number of ether oxygens (including phenoxy) is 1. The first-order valence-electron chi connectivity index (χ1n) is 9.67. The molecule has 0 saturated heterocycles. The van der Waals surface area contributed by atoms with Gasteiger partial charge in [-0.25, -0.2) is 4.98 Å². The number of aryl methyl sites for hydroxylation is 2. The Morgan fingerprint density at radius 2 is 1.94 bits per heavy atom. The fourth-order valence-corrected chi connectivity index (χ4v) is 3.63. The number of halogens is 2. The molecule has 0 fully saturated rings. The van der Waals surface area contributed by atoms with Crippen molar-refractivity contribution in [2.75, 3.05) is 5.32 Å². The zero-order chi connectivity index (χ0) is 22.5. The number of carbonyl (C=O) groups is 1. The summed E-state index contributed by atoms with van der Waals surface area (Å²) in [5.74, 6) is 0.493. The molecular weight excluding hydrogens is 438 g/mol. The minimum absolute atomic E-state index is 0.0199. The van der Waals surface area contributed by atoms with Crippen LogP contribution in [0.1, 0.15) is 17.9 Å². The van der Waals surface area contributed by atoms with Crippen LogP contribution in [0.5, 0.6) is 5.75 Å². The van der Waals surface area contributed by atoms with Crippen molar-refractivity contribution in [2.24, 2.45) is 0 Å². The van der Waals surface area contributed by atoms with Crippen molar-refractivity contribution in [3.05, 3.63) is 65.4 Å². The Morgan fingerprint density at radius 3 is 2.72 bits per heavy atom. The molecule has 0 aliphatic carbocycles. The van der Waals surface area contributed by atoms with Gasteiger partial charge in [0, 0.05) is 29.3 Å². The number of rotatable bonds is 8. The summed E-state index contributed by atoms with van der Waals surface area (Å²) in [7, 11) is 0. The Morgan fingerprint density at radius 1 is 1.16 bits per heavy atom. The molecule has 4 rings (SSSR count). The first kappa shape index (κ1) is 21.6. The largest absolute Gasteiger partial charge is 0.434 e. The van der Waals surface area contributed by atoms with E-state index in [0.717, 1.165) is 11.1 Å². The topological polar surface area (TPSA) is 90.1 Å². The summed E-state index contributed by atoms with van der Waals surface area (Å²) in [6, 6.07) is 14.0. The fraction of sp³-hybridized carbons (Fsp3) is 0.182. The van der Waals surface area contributed by atoms with E-state index in [1.807, 2.05) is 31.2 Å². The molecule has 0 unspecified atom stereocenters. The van der Waals surface area contributed by atoms with Gasteiger partial charge in [0.2, 0.25) is 17.7 Å². The Labute approximate surface area is 186 Å². The van der Waals surface area contributed by atoms with E-state index in [1.54, 1.807) is 23.6 Å². The molecule has 1 N–H and O–H groups in total. The number of carbonyl (C=O) groups excluding carboxylic acids is 1.